The third-order valence-electron chi connectivity index (χ3n) is 2.67. The van der Waals surface area contributed by atoms with Crippen molar-refractivity contribution in [2.75, 3.05) is 26.9 Å². The average molecular weight is 303 g/mol. The Morgan fingerprint density at radius 3 is 2.94 bits per heavy atom. The van der Waals surface area contributed by atoms with Crippen molar-refractivity contribution in [1.29, 1.82) is 0 Å². The van der Waals surface area contributed by atoms with Gasteiger partial charge in [0.25, 0.3) is 0 Å². The largest absolute Gasteiger partial charge is 0.480 e. The molecule has 0 atom stereocenters. The molecule has 0 aliphatic carbocycles. The summed E-state index contributed by atoms with van der Waals surface area (Å²) in [5, 5.41) is 0. The number of hydrogen-bond donors (Lipinski definition) is 0. The molecule has 0 N–H and O–H groups in total. The maximum absolute atomic E-state index is 5.56. The van der Waals surface area contributed by atoms with E-state index >= 15 is 0 Å². The Balaban J connectivity index is 1.89. The molecule has 0 amide bonds. The Morgan fingerprint density at radius 1 is 1.47 bits per heavy atom. The van der Waals surface area contributed by atoms with Gasteiger partial charge in [-0.15, -0.1) is 0 Å². The lowest BCUT2D eigenvalue weighted by molar-refractivity contribution is 0.0481. The van der Waals surface area contributed by atoms with Crippen molar-refractivity contribution >= 4 is 15.9 Å². The van der Waals surface area contributed by atoms with Gasteiger partial charge in [-0.05, 0) is 34.7 Å². The molecular weight excluding hydrogens is 288 g/mol. The molecule has 1 aromatic rings. The molecular formula is C11H15BrN2O3. The van der Waals surface area contributed by atoms with Crippen LogP contribution in [0.2, 0.25) is 0 Å². The molecule has 0 spiro atoms. The van der Waals surface area contributed by atoms with Crippen LogP contribution in [0.1, 0.15) is 12.8 Å². The number of ether oxygens (including phenoxy) is 3. The molecule has 0 radical (unpaired) electrons. The second kappa shape index (κ2) is 6.16. The van der Waals surface area contributed by atoms with E-state index in [9.17, 15) is 0 Å². The normalized spacial score (nSPS) is 16.8. The van der Waals surface area contributed by atoms with E-state index < -0.39 is 0 Å². The van der Waals surface area contributed by atoms with Gasteiger partial charge < -0.3 is 14.2 Å². The predicted molar refractivity (Wildman–Crippen MR) is 65.3 cm³/mol. The molecule has 17 heavy (non-hydrogen) atoms. The van der Waals surface area contributed by atoms with E-state index in [-0.39, 0.29) is 0 Å². The minimum absolute atomic E-state index is 0.358. The van der Waals surface area contributed by atoms with Gasteiger partial charge in [0.1, 0.15) is 0 Å². The number of nitrogens with zero attached hydrogens (tertiary/aromatic N) is 2. The van der Waals surface area contributed by atoms with Gasteiger partial charge in [-0.25, -0.2) is 4.98 Å². The number of methoxy groups -OCH3 is 1. The minimum Gasteiger partial charge on any atom is -0.480 e. The molecule has 1 aromatic heterocycles. The third-order valence-corrected chi connectivity index (χ3v) is 3.22. The molecule has 0 aromatic carbocycles. The summed E-state index contributed by atoms with van der Waals surface area (Å²) >= 11 is 3.30. The molecule has 5 nitrogen and oxygen atoms in total. The van der Waals surface area contributed by atoms with E-state index in [1.165, 1.54) is 0 Å². The van der Waals surface area contributed by atoms with Gasteiger partial charge in [0.05, 0.1) is 24.4 Å². The monoisotopic (exact) mass is 302 g/mol. The van der Waals surface area contributed by atoms with Crippen molar-refractivity contribution < 1.29 is 14.2 Å². The van der Waals surface area contributed by atoms with Crippen LogP contribution in [0.25, 0.3) is 0 Å². The van der Waals surface area contributed by atoms with Crippen LogP contribution >= 0.6 is 15.9 Å². The lowest BCUT2D eigenvalue weighted by atomic mass is 10.0. The van der Waals surface area contributed by atoms with Crippen LogP contribution in [0.3, 0.4) is 0 Å². The summed E-state index contributed by atoms with van der Waals surface area (Å²) in [4.78, 5) is 8.22. The lowest BCUT2D eigenvalue weighted by Gasteiger charge is -2.21. The van der Waals surface area contributed by atoms with Crippen molar-refractivity contribution in [2.24, 2.45) is 5.92 Å². The van der Waals surface area contributed by atoms with Gasteiger partial charge in [-0.3, -0.25) is 0 Å². The van der Waals surface area contributed by atoms with Crippen molar-refractivity contribution in [2.45, 2.75) is 12.8 Å². The van der Waals surface area contributed by atoms with E-state index in [2.05, 4.69) is 25.9 Å². The average Bonchev–Trinajstić information content (AvgIpc) is 2.39. The highest BCUT2D eigenvalue weighted by Crippen LogP contribution is 2.23. The predicted octanol–water partition coefficient (Wildman–Crippen LogP) is 2.05. The van der Waals surface area contributed by atoms with Gasteiger partial charge in [-0.1, -0.05) is 0 Å². The fourth-order valence-electron chi connectivity index (χ4n) is 1.65. The number of halogens is 1. The maximum atomic E-state index is 5.56. The Kier molecular flexibility index (Phi) is 4.56. The van der Waals surface area contributed by atoms with Crippen LogP contribution in [0.15, 0.2) is 10.7 Å². The fourth-order valence-corrected chi connectivity index (χ4v) is 2.01. The molecule has 0 unspecified atom stereocenters. The minimum atomic E-state index is 0.358. The molecule has 1 aliphatic rings. The number of rotatable bonds is 4. The molecule has 1 aliphatic heterocycles. The summed E-state index contributed by atoms with van der Waals surface area (Å²) in [6.07, 6.45) is 3.70. The van der Waals surface area contributed by atoms with Crippen LogP contribution in [-0.2, 0) is 4.74 Å². The number of hydrogen-bond acceptors (Lipinski definition) is 5. The summed E-state index contributed by atoms with van der Waals surface area (Å²) < 4.78 is 16.7. The maximum Gasteiger partial charge on any atom is 0.319 e. The molecule has 0 bridgehead atoms. The zero-order valence-electron chi connectivity index (χ0n) is 9.69. The van der Waals surface area contributed by atoms with E-state index in [1.54, 1.807) is 13.3 Å². The molecule has 1 saturated heterocycles. The Bertz CT molecular complexity index is 370. The van der Waals surface area contributed by atoms with E-state index in [4.69, 9.17) is 14.2 Å². The molecule has 1 fully saturated rings. The first-order chi connectivity index (χ1) is 8.29. The molecule has 2 heterocycles. The highest BCUT2D eigenvalue weighted by molar-refractivity contribution is 9.10. The SMILES string of the molecule is COc1nc(OCC2CCOCC2)ncc1Br. The van der Waals surface area contributed by atoms with Gasteiger partial charge in [-0.2, -0.15) is 4.98 Å². The van der Waals surface area contributed by atoms with Crippen LogP contribution in [-0.4, -0.2) is 36.9 Å². The topological polar surface area (TPSA) is 53.5 Å². The highest BCUT2D eigenvalue weighted by Gasteiger charge is 2.15. The first-order valence-electron chi connectivity index (χ1n) is 5.56. The Labute approximate surface area is 109 Å². The van der Waals surface area contributed by atoms with Crippen molar-refractivity contribution in [3.8, 4) is 11.9 Å². The molecule has 2 rings (SSSR count). The molecule has 6 heteroatoms. The van der Waals surface area contributed by atoms with Gasteiger partial charge >= 0.3 is 6.01 Å². The van der Waals surface area contributed by atoms with E-state index in [1.807, 2.05) is 0 Å². The quantitative estimate of drug-likeness (QED) is 0.852. The van der Waals surface area contributed by atoms with Crippen LogP contribution in [0, 0.1) is 5.92 Å². The fraction of sp³-hybridized carbons (Fsp3) is 0.636. The zero-order chi connectivity index (χ0) is 12.1. The van der Waals surface area contributed by atoms with Gasteiger partial charge in [0, 0.05) is 13.2 Å². The summed E-state index contributed by atoms with van der Waals surface area (Å²) in [6, 6.07) is 0.358. The summed E-state index contributed by atoms with van der Waals surface area (Å²) in [6.45, 7) is 2.27. The second-order valence-electron chi connectivity index (χ2n) is 3.88. The third kappa shape index (κ3) is 3.54. The Morgan fingerprint density at radius 2 is 2.24 bits per heavy atom. The molecule has 94 valence electrons. The van der Waals surface area contributed by atoms with Crippen molar-refractivity contribution in [3.05, 3.63) is 10.7 Å². The van der Waals surface area contributed by atoms with Gasteiger partial charge in [0.15, 0.2) is 0 Å². The van der Waals surface area contributed by atoms with Crippen LogP contribution in [0.5, 0.6) is 11.9 Å². The first-order valence-corrected chi connectivity index (χ1v) is 6.36. The van der Waals surface area contributed by atoms with Crippen LogP contribution in [0.4, 0.5) is 0 Å². The zero-order valence-corrected chi connectivity index (χ0v) is 11.3. The highest BCUT2D eigenvalue weighted by atomic mass is 79.9. The summed E-state index contributed by atoms with van der Waals surface area (Å²) in [5.74, 6) is 1.02. The standard InChI is InChI=1S/C11H15BrN2O3/c1-15-10-9(12)6-13-11(14-10)17-7-8-2-4-16-5-3-8/h6,8H,2-5,7H2,1H3. The lowest BCUT2D eigenvalue weighted by Crippen LogP contribution is -2.21. The number of aromatic nitrogens is 2. The van der Waals surface area contributed by atoms with Crippen molar-refractivity contribution in [1.82, 2.24) is 9.97 Å². The van der Waals surface area contributed by atoms with E-state index in [0.717, 1.165) is 30.5 Å². The second-order valence-corrected chi connectivity index (χ2v) is 4.73. The first kappa shape index (κ1) is 12.6. The molecule has 0 saturated carbocycles. The summed E-state index contributed by atoms with van der Waals surface area (Å²) in [7, 11) is 1.56. The smallest absolute Gasteiger partial charge is 0.319 e. The van der Waals surface area contributed by atoms with Gasteiger partial charge in [0.2, 0.25) is 5.88 Å². The van der Waals surface area contributed by atoms with Crippen LogP contribution < -0.4 is 9.47 Å². The van der Waals surface area contributed by atoms with Crippen molar-refractivity contribution in [3.63, 3.8) is 0 Å². The Hall–Kier alpha value is -0.880. The van der Waals surface area contributed by atoms with E-state index in [0.29, 0.717) is 24.4 Å². The summed E-state index contributed by atoms with van der Waals surface area (Å²) in [5.41, 5.74) is 0.